The topological polar surface area (TPSA) is 162 Å². The molecule has 12 nitrogen and oxygen atoms in total. The molecule has 4 aromatic rings. The molecule has 0 fully saturated rings. The van der Waals surface area contributed by atoms with Gasteiger partial charge in [0.1, 0.15) is 11.9 Å². The molecule has 0 saturated carbocycles. The predicted molar refractivity (Wildman–Crippen MR) is 187 cm³/mol. The second-order valence-electron chi connectivity index (χ2n) is 10.7. The molecule has 46 heavy (non-hydrogen) atoms. The average molecular weight is 634 g/mol. The van der Waals surface area contributed by atoms with Gasteiger partial charge in [-0.3, -0.25) is 14.9 Å². The van der Waals surface area contributed by atoms with Crippen LogP contribution in [0.3, 0.4) is 0 Å². The third kappa shape index (κ3) is 14.0. The molecule has 4 rings (SSSR count). The van der Waals surface area contributed by atoms with Crippen LogP contribution in [-0.4, -0.2) is 67.4 Å². The number of carbonyl (C=O) groups is 4. The molecule has 2 aromatic heterocycles. The fourth-order valence-corrected chi connectivity index (χ4v) is 3.68. The van der Waals surface area contributed by atoms with Crippen LogP contribution in [0.4, 0.5) is 27.5 Å². The summed E-state index contributed by atoms with van der Waals surface area (Å²) in [5.74, 6) is 0. The Morgan fingerprint density at radius 3 is 1.48 bits per heavy atom. The number of anilines is 4. The molecule has 0 aliphatic heterocycles. The lowest BCUT2D eigenvalue weighted by Gasteiger charge is -2.19. The summed E-state index contributed by atoms with van der Waals surface area (Å²) in [4.78, 5) is 41.8. The van der Waals surface area contributed by atoms with Crippen molar-refractivity contribution in [3.8, 4) is 11.1 Å². The zero-order valence-electron chi connectivity index (χ0n) is 27.9. The van der Waals surface area contributed by atoms with E-state index >= 15 is 0 Å². The second kappa shape index (κ2) is 19.8. The van der Waals surface area contributed by atoms with Gasteiger partial charge in [-0.2, -0.15) is 0 Å². The lowest BCUT2D eigenvalue weighted by Crippen LogP contribution is -2.27. The van der Waals surface area contributed by atoms with Gasteiger partial charge in [0.15, 0.2) is 12.6 Å². The number of aromatic nitrogens is 2. The zero-order chi connectivity index (χ0) is 34.7. The first kappa shape index (κ1) is 38.7. The van der Waals surface area contributed by atoms with Crippen LogP contribution in [0.1, 0.15) is 41.7 Å². The highest BCUT2D eigenvalue weighted by Crippen LogP contribution is 2.23. The maximum atomic E-state index is 11.4. The van der Waals surface area contributed by atoms with E-state index in [1.54, 1.807) is 44.6 Å². The Morgan fingerprint density at radius 2 is 1.13 bits per heavy atom. The number of nitrogens with two attached hydrogens (primary N) is 1. The van der Waals surface area contributed by atoms with Gasteiger partial charge in [0.25, 0.3) is 0 Å². The number of nitrogens with one attached hydrogen (secondary N) is 4. The zero-order valence-corrected chi connectivity index (χ0v) is 27.9. The van der Waals surface area contributed by atoms with Crippen LogP contribution in [0.25, 0.3) is 11.1 Å². The highest BCUT2D eigenvalue weighted by molar-refractivity contribution is 5.86. The minimum absolute atomic E-state index is 0.139. The van der Waals surface area contributed by atoms with Gasteiger partial charge in [0.2, 0.25) is 0 Å². The number of carbonyl (C=O) groups excluding carboxylic acids is 4. The lowest BCUT2D eigenvalue weighted by molar-refractivity contribution is -0.106. The summed E-state index contributed by atoms with van der Waals surface area (Å²) in [6.07, 6.45) is 5.31. The molecule has 6 N–H and O–H groups in total. The summed E-state index contributed by atoms with van der Waals surface area (Å²) in [6.45, 7) is 5.50. The molecule has 2 aromatic carbocycles. The number of aldehydes is 3. The average Bonchev–Trinajstić information content (AvgIpc) is 3.61. The fourth-order valence-electron chi connectivity index (χ4n) is 3.68. The number of rotatable bonds is 8. The monoisotopic (exact) mass is 633 g/mol. The minimum Gasteiger partial charge on any atom is -0.444 e. The Balaban J connectivity index is 0.000000333. The van der Waals surface area contributed by atoms with Gasteiger partial charge in [-0.25, -0.2) is 4.79 Å². The van der Waals surface area contributed by atoms with E-state index in [1.165, 1.54) is 0 Å². The van der Waals surface area contributed by atoms with Crippen molar-refractivity contribution < 1.29 is 23.9 Å². The molecule has 248 valence electrons. The van der Waals surface area contributed by atoms with Crippen LogP contribution in [0.5, 0.6) is 0 Å². The van der Waals surface area contributed by atoms with Crippen LogP contribution in [0.15, 0.2) is 73.1 Å². The molecule has 1 amide bonds. The SMILES string of the molecule is CNc1ccc(-c2cc(C=O)n(C)c2)cc1.CNc1ccc(NC)cc1.Cn1cc(NC(=O)OC(C)(C)C)cc1C=O.NCC=O. The molecule has 0 aliphatic rings. The van der Waals surface area contributed by atoms with E-state index in [2.05, 4.69) is 27.0 Å². The first-order chi connectivity index (χ1) is 21.8. The molecule has 0 bridgehead atoms. The highest BCUT2D eigenvalue weighted by atomic mass is 16.6. The largest absolute Gasteiger partial charge is 0.444 e. The number of hydrogen-bond donors (Lipinski definition) is 5. The van der Waals surface area contributed by atoms with Gasteiger partial charge >= 0.3 is 6.09 Å². The maximum absolute atomic E-state index is 11.4. The summed E-state index contributed by atoms with van der Waals surface area (Å²) in [5, 5.41) is 11.7. The summed E-state index contributed by atoms with van der Waals surface area (Å²) >= 11 is 0. The van der Waals surface area contributed by atoms with E-state index in [0.29, 0.717) is 23.4 Å². The summed E-state index contributed by atoms with van der Waals surface area (Å²) in [5.41, 5.74) is 11.4. The number of hydrogen-bond acceptors (Lipinski definition) is 9. The first-order valence-electron chi connectivity index (χ1n) is 14.4. The molecule has 0 atom stereocenters. The van der Waals surface area contributed by atoms with Gasteiger partial charge in [0, 0.05) is 76.8 Å². The molecule has 0 saturated heterocycles. The van der Waals surface area contributed by atoms with Crippen molar-refractivity contribution >= 4 is 47.7 Å². The van der Waals surface area contributed by atoms with Crippen molar-refractivity contribution in [2.45, 2.75) is 26.4 Å². The van der Waals surface area contributed by atoms with E-state index in [-0.39, 0.29) is 6.54 Å². The molecular formula is C34H47N7O5. The normalized spacial score (nSPS) is 9.85. The highest BCUT2D eigenvalue weighted by Gasteiger charge is 2.16. The molecule has 0 spiro atoms. The van der Waals surface area contributed by atoms with Crippen LogP contribution < -0.4 is 27.0 Å². The van der Waals surface area contributed by atoms with Crippen molar-refractivity contribution in [1.82, 2.24) is 9.13 Å². The molecule has 0 unspecified atom stereocenters. The van der Waals surface area contributed by atoms with Gasteiger partial charge < -0.3 is 40.3 Å². The van der Waals surface area contributed by atoms with Crippen LogP contribution in [0, 0.1) is 0 Å². The smallest absolute Gasteiger partial charge is 0.412 e. The number of aryl methyl sites for hydroxylation is 2. The Kier molecular flexibility index (Phi) is 16.7. The molecular weight excluding hydrogens is 586 g/mol. The number of ether oxygens (including phenoxy) is 1. The Bertz CT molecular complexity index is 1480. The van der Waals surface area contributed by atoms with Gasteiger partial charge in [-0.15, -0.1) is 0 Å². The van der Waals surface area contributed by atoms with Crippen LogP contribution in [0.2, 0.25) is 0 Å². The molecule has 0 radical (unpaired) electrons. The molecule has 0 aliphatic carbocycles. The third-order valence-corrected chi connectivity index (χ3v) is 6.04. The van der Waals surface area contributed by atoms with Crippen molar-refractivity contribution in [3.05, 3.63) is 84.4 Å². The maximum Gasteiger partial charge on any atom is 0.412 e. The van der Waals surface area contributed by atoms with E-state index in [0.717, 1.165) is 40.8 Å². The second-order valence-corrected chi connectivity index (χ2v) is 10.7. The van der Waals surface area contributed by atoms with E-state index in [9.17, 15) is 14.4 Å². The summed E-state index contributed by atoms with van der Waals surface area (Å²) < 4.78 is 8.53. The van der Waals surface area contributed by atoms with E-state index in [4.69, 9.17) is 9.53 Å². The van der Waals surface area contributed by atoms with E-state index in [1.807, 2.05) is 93.6 Å². The van der Waals surface area contributed by atoms with Crippen molar-refractivity contribution in [2.24, 2.45) is 19.8 Å². The van der Waals surface area contributed by atoms with Crippen molar-refractivity contribution in [2.75, 3.05) is 49.0 Å². The Hall–Kier alpha value is -5.36. The molecule has 2 heterocycles. The summed E-state index contributed by atoms with van der Waals surface area (Å²) in [7, 11) is 9.31. The van der Waals surface area contributed by atoms with E-state index < -0.39 is 11.7 Å². The van der Waals surface area contributed by atoms with Crippen LogP contribution in [-0.2, 0) is 23.6 Å². The lowest BCUT2D eigenvalue weighted by atomic mass is 10.1. The van der Waals surface area contributed by atoms with Gasteiger partial charge in [-0.1, -0.05) is 12.1 Å². The van der Waals surface area contributed by atoms with Crippen molar-refractivity contribution in [1.29, 1.82) is 0 Å². The molecule has 12 heteroatoms. The first-order valence-corrected chi connectivity index (χ1v) is 14.4. The fraction of sp³-hybridized carbons (Fsp3) is 0.294. The quantitative estimate of drug-likeness (QED) is 0.155. The van der Waals surface area contributed by atoms with Crippen molar-refractivity contribution in [3.63, 3.8) is 0 Å². The number of nitrogens with zero attached hydrogens (tertiary/aromatic N) is 2. The minimum atomic E-state index is -0.535. The third-order valence-electron chi connectivity index (χ3n) is 6.04. The number of amides is 1. The Morgan fingerprint density at radius 1 is 0.717 bits per heavy atom. The predicted octanol–water partition coefficient (Wildman–Crippen LogP) is 5.64. The Labute approximate surface area is 271 Å². The standard InChI is InChI=1S/C13H14N2O.C11H16N2O3.C8H12N2.C2H5NO/c1-14-12-5-3-10(4-6-12)11-7-13(9-16)15(2)8-11;1-11(2,3)16-10(15)12-8-5-9(7-14)13(4)6-8;1-9-7-3-5-8(10-2)6-4-7;3-1-2-4/h3-9,14H,1-2H3;5-7H,1-4H3,(H,12,15);3-6,9-10H,1-2H3;2H,1,3H2. The summed E-state index contributed by atoms with van der Waals surface area (Å²) in [6, 6.07) is 19.7. The van der Waals surface area contributed by atoms with Crippen LogP contribution >= 0.6 is 0 Å². The number of benzene rings is 2. The van der Waals surface area contributed by atoms with Gasteiger partial charge in [0.05, 0.1) is 17.1 Å². The van der Waals surface area contributed by atoms with Gasteiger partial charge in [-0.05, 0) is 74.9 Å².